The summed E-state index contributed by atoms with van der Waals surface area (Å²) in [4.78, 5) is 4.69. The molecule has 1 aromatic heterocycles. The molecular formula is C15H9I2N. The summed E-state index contributed by atoms with van der Waals surface area (Å²) in [5, 5.41) is 1.22. The Morgan fingerprint density at radius 2 is 1.44 bits per heavy atom. The second-order valence-electron chi connectivity index (χ2n) is 3.97. The van der Waals surface area contributed by atoms with Crippen LogP contribution in [0.1, 0.15) is 0 Å². The van der Waals surface area contributed by atoms with Crippen molar-refractivity contribution >= 4 is 56.1 Å². The van der Waals surface area contributed by atoms with Crippen LogP contribution in [0.2, 0.25) is 0 Å². The molecule has 2 aromatic carbocycles. The Balaban J connectivity index is 2.37. The fraction of sp³-hybridized carbons (Fsp3) is 0. The maximum absolute atomic E-state index is 4.69. The van der Waals surface area contributed by atoms with Crippen molar-refractivity contribution in [2.45, 2.75) is 0 Å². The van der Waals surface area contributed by atoms with Gasteiger partial charge in [-0.25, -0.2) is 4.98 Å². The summed E-state index contributed by atoms with van der Waals surface area (Å²) < 4.78 is 2.33. The third kappa shape index (κ3) is 2.14. The van der Waals surface area contributed by atoms with E-state index in [2.05, 4.69) is 87.6 Å². The highest BCUT2D eigenvalue weighted by atomic mass is 127. The van der Waals surface area contributed by atoms with Gasteiger partial charge < -0.3 is 0 Å². The van der Waals surface area contributed by atoms with Gasteiger partial charge in [-0.05, 0) is 56.8 Å². The van der Waals surface area contributed by atoms with Crippen molar-refractivity contribution in [3.63, 3.8) is 0 Å². The van der Waals surface area contributed by atoms with Crippen LogP contribution in [0.25, 0.3) is 22.0 Å². The molecule has 0 fully saturated rings. The SMILES string of the molecule is Ic1nc2ccccc2c(I)c1-c1ccccc1. The lowest BCUT2D eigenvalue weighted by atomic mass is 10.1. The molecule has 0 N–H and O–H groups in total. The van der Waals surface area contributed by atoms with Crippen molar-refractivity contribution in [3.05, 3.63) is 61.9 Å². The van der Waals surface area contributed by atoms with Gasteiger partial charge in [0, 0.05) is 14.5 Å². The summed E-state index contributed by atoms with van der Waals surface area (Å²) in [6.07, 6.45) is 0. The fourth-order valence-electron chi connectivity index (χ4n) is 1.99. The number of benzene rings is 2. The van der Waals surface area contributed by atoms with E-state index in [1.165, 1.54) is 20.1 Å². The summed E-state index contributed by atoms with van der Waals surface area (Å²) in [5.41, 5.74) is 3.52. The molecule has 0 bridgehead atoms. The normalized spacial score (nSPS) is 10.8. The van der Waals surface area contributed by atoms with Gasteiger partial charge in [0.1, 0.15) is 3.70 Å². The number of aromatic nitrogens is 1. The quantitative estimate of drug-likeness (QED) is 0.366. The van der Waals surface area contributed by atoms with Crippen LogP contribution in [-0.4, -0.2) is 4.98 Å². The van der Waals surface area contributed by atoms with E-state index in [1.54, 1.807) is 0 Å². The zero-order valence-electron chi connectivity index (χ0n) is 9.40. The molecule has 0 aliphatic rings. The lowest BCUT2D eigenvalue weighted by molar-refractivity contribution is 1.33. The zero-order valence-corrected chi connectivity index (χ0v) is 13.7. The molecule has 0 amide bonds. The van der Waals surface area contributed by atoms with Crippen molar-refractivity contribution in [1.29, 1.82) is 0 Å². The third-order valence-corrected chi connectivity index (χ3v) is 4.75. The molecule has 0 saturated carbocycles. The van der Waals surface area contributed by atoms with Crippen LogP contribution in [0.5, 0.6) is 0 Å². The van der Waals surface area contributed by atoms with E-state index in [0.29, 0.717) is 0 Å². The van der Waals surface area contributed by atoms with Gasteiger partial charge in [-0.2, -0.15) is 0 Å². The summed E-state index contributed by atoms with van der Waals surface area (Å²) in [6, 6.07) is 18.7. The first-order valence-corrected chi connectivity index (χ1v) is 7.72. The molecule has 0 aliphatic carbocycles. The lowest BCUT2D eigenvalue weighted by Gasteiger charge is -2.10. The van der Waals surface area contributed by atoms with Gasteiger partial charge in [-0.1, -0.05) is 48.5 Å². The topological polar surface area (TPSA) is 12.9 Å². The van der Waals surface area contributed by atoms with Gasteiger partial charge in [-0.15, -0.1) is 0 Å². The van der Waals surface area contributed by atoms with E-state index in [1.807, 2.05) is 12.1 Å². The fourth-order valence-corrected chi connectivity index (χ4v) is 4.37. The van der Waals surface area contributed by atoms with Gasteiger partial charge in [-0.3, -0.25) is 0 Å². The zero-order chi connectivity index (χ0) is 12.5. The van der Waals surface area contributed by atoms with E-state index in [9.17, 15) is 0 Å². The van der Waals surface area contributed by atoms with Crippen molar-refractivity contribution < 1.29 is 0 Å². The number of nitrogens with zero attached hydrogens (tertiary/aromatic N) is 1. The molecule has 1 nitrogen and oxygen atoms in total. The Labute approximate surface area is 133 Å². The van der Waals surface area contributed by atoms with Crippen molar-refractivity contribution in [2.75, 3.05) is 0 Å². The predicted molar refractivity (Wildman–Crippen MR) is 92.6 cm³/mol. The van der Waals surface area contributed by atoms with E-state index in [0.717, 1.165) is 9.22 Å². The minimum absolute atomic E-state index is 1.06. The van der Waals surface area contributed by atoms with E-state index in [-0.39, 0.29) is 0 Å². The summed E-state index contributed by atoms with van der Waals surface area (Å²) in [5.74, 6) is 0. The Morgan fingerprint density at radius 1 is 0.778 bits per heavy atom. The van der Waals surface area contributed by atoms with Crippen molar-refractivity contribution in [1.82, 2.24) is 4.98 Å². The number of hydrogen-bond acceptors (Lipinski definition) is 1. The number of pyridine rings is 1. The molecular weight excluding hydrogens is 448 g/mol. The number of hydrogen-bond donors (Lipinski definition) is 0. The monoisotopic (exact) mass is 457 g/mol. The standard InChI is InChI=1S/C15H9I2N/c16-14-11-8-4-5-9-12(11)18-15(17)13(14)10-6-2-1-3-7-10/h1-9H. The van der Waals surface area contributed by atoms with Crippen LogP contribution in [0.4, 0.5) is 0 Å². The maximum Gasteiger partial charge on any atom is 0.110 e. The van der Waals surface area contributed by atoms with E-state index >= 15 is 0 Å². The van der Waals surface area contributed by atoms with E-state index in [4.69, 9.17) is 4.98 Å². The maximum atomic E-state index is 4.69. The molecule has 0 saturated heterocycles. The molecule has 3 heteroatoms. The Morgan fingerprint density at radius 3 is 2.22 bits per heavy atom. The molecule has 0 spiro atoms. The molecule has 18 heavy (non-hydrogen) atoms. The van der Waals surface area contributed by atoms with Gasteiger partial charge >= 0.3 is 0 Å². The average Bonchev–Trinajstić information content (AvgIpc) is 2.40. The van der Waals surface area contributed by atoms with Crippen LogP contribution in [0, 0.1) is 7.27 Å². The number of para-hydroxylation sites is 1. The molecule has 0 radical (unpaired) electrons. The number of halogens is 2. The second kappa shape index (κ2) is 5.13. The molecule has 3 aromatic rings. The highest BCUT2D eigenvalue weighted by Gasteiger charge is 2.12. The smallest absolute Gasteiger partial charge is 0.110 e. The molecule has 0 atom stereocenters. The highest BCUT2D eigenvalue weighted by molar-refractivity contribution is 14.1. The van der Waals surface area contributed by atoms with Crippen LogP contribution < -0.4 is 0 Å². The lowest BCUT2D eigenvalue weighted by Crippen LogP contribution is -1.94. The van der Waals surface area contributed by atoms with Gasteiger partial charge in [0.2, 0.25) is 0 Å². The molecule has 0 aliphatic heterocycles. The van der Waals surface area contributed by atoms with Crippen LogP contribution in [0.3, 0.4) is 0 Å². The number of fused-ring (bicyclic) bond motifs is 1. The molecule has 3 rings (SSSR count). The van der Waals surface area contributed by atoms with Gasteiger partial charge in [0.05, 0.1) is 5.52 Å². The Bertz CT molecular complexity index is 708. The van der Waals surface area contributed by atoms with E-state index < -0.39 is 0 Å². The van der Waals surface area contributed by atoms with Crippen LogP contribution >= 0.6 is 45.2 Å². The minimum atomic E-state index is 1.06. The third-order valence-electron chi connectivity index (χ3n) is 2.85. The average molecular weight is 457 g/mol. The summed E-state index contributed by atoms with van der Waals surface area (Å²) >= 11 is 4.74. The second-order valence-corrected chi connectivity index (χ2v) is 6.08. The van der Waals surface area contributed by atoms with Crippen LogP contribution in [0.15, 0.2) is 54.6 Å². The Kier molecular flexibility index (Phi) is 3.52. The summed E-state index contributed by atoms with van der Waals surface area (Å²) in [7, 11) is 0. The first-order valence-electron chi connectivity index (χ1n) is 5.56. The first kappa shape index (κ1) is 12.3. The Hall–Kier alpha value is -0.690. The summed E-state index contributed by atoms with van der Waals surface area (Å²) in [6.45, 7) is 0. The predicted octanol–water partition coefficient (Wildman–Crippen LogP) is 5.11. The van der Waals surface area contributed by atoms with Crippen molar-refractivity contribution in [2.24, 2.45) is 0 Å². The highest BCUT2D eigenvalue weighted by Crippen LogP contribution is 2.33. The first-order chi connectivity index (χ1) is 8.77. The number of rotatable bonds is 1. The molecule has 0 unspecified atom stereocenters. The molecule has 1 heterocycles. The van der Waals surface area contributed by atoms with Gasteiger partial charge in [0.15, 0.2) is 0 Å². The van der Waals surface area contributed by atoms with Crippen molar-refractivity contribution in [3.8, 4) is 11.1 Å². The minimum Gasteiger partial charge on any atom is -0.241 e. The largest absolute Gasteiger partial charge is 0.241 e. The van der Waals surface area contributed by atoms with Crippen LogP contribution in [-0.2, 0) is 0 Å². The van der Waals surface area contributed by atoms with Gasteiger partial charge in [0.25, 0.3) is 0 Å². The molecule has 88 valence electrons.